The summed E-state index contributed by atoms with van der Waals surface area (Å²) < 4.78 is 23.4. The minimum absolute atomic E-state index is 0.202. The smallest absolute Gasteiger partial charge is 0.321 e. The van der Waals surface area contributed by atoms with E-state index in [-0.39, 0.29) is 6.79 Å². The van der Waals surface area contributed by atoms with Crippen molar-refractivity contribution < 1.29 is 18.9 Å². The Morgan fingerprint density at radius 1 is 0.429 bits per heavy atom. The average molecular weight is 499 g/mol. The van der Waals surface area contributed by atoms with Crippen molar-refractivity contribution in [2.45, 2.75) is 162 Å². The quantitative estimate of drug-likeness (QED) is 0.0583. The molecule has 0 saturated carbocycles. The molecule has 0 saturated heterocycles. The van der Waals surface area contributed by atoms with Crippen LogP contribution in [-0.4, -0.2) is 27.1 Å². The van der Waals surface area contributed by atoms with Crippen LogP contribution < -0.4 is 0 Å². The van der Waals surface area contributed by atoms with E-state index in [1.165, 1.54) is 116 Å². The zero-order valence-corrected chi connectivity index (χ0v) is 24.3. The zero-order chi connectivity index (χ0) is 25.7. The van der Waals surface area contributed by atoms with Crippen LogP contribution in [0.1, 0.15) is 162 Å². The van der Waals surface area contributed by atoms with Crippen molar-refractivity contribution in [1.29, 1.82) is 0 Å². The molecule has 0 heterocycles. The molecule has 0 bridgehead atoms. The first-order valence-corrected chi connectivity index (χ1v) is 15.4. The van der Waals surface area contributed by atoms with Crippen LogP contribution in [0.2, 0.25) is 0 Å². The Balaban J connectivity index is 4.52. The van der Waals surface area contributed by atoms with E-state index >= 15 is 0 Å². The summed E-state index contributed by atoms with van der Waals surface area (Å²) in [4.78, 5) is 0. The number of ether oxygens (including phenoxy) is 4. The molecular weight excluding hydrogens is 436 g/mol. The second-order valence-corrected chi connectivity index (χ2v) is 10.1. The lowest BCUT2D eigenvalue weighted by molar-refractivity contribution is -0.0692. The molecule has 0 rings (SSSR count). The first-order chi connectivity index (χ1) is 17.3. The van der Waals surface area contributed by atoms with E-state index in [9.17, 15) is 0 Å². The standard InChI is InChI=1S/C31H62O4/c1-5-8-11-14-16-18-21-24-27-33-30(26-23-20-13-10-7-3)31(35-29-32-4)34-28-25-22-19-17-15-12-9-6-2/h5-29H2,1-4H3. The normalized spacial score (nSPS) is 12.0. The van der Waals surface area contributed by atoms with Gasteiger partial charge in [0.25, 0.3) is 0 Å². The van der Waals surface area contributed by atoms with Crippen molar-refractivity contribution in [3.8, 4) is 0 Å². The van der Waals surface area contributed by atoms with E-state index < -0.39 is 0 Å². The fraction of sp³-hybridized carbons (Fsp3) is 0.935. The Morgan fingerprint density at radius 2 is 0.829 bits per heavy atom. The molecule has 0 aromatic rings. The van der Waals surface area contributed by atoms with Crippen LogP contribution >= 0.6 is 0 Å². The highest BCUT2D eigenvalue weighted by atomic mass is 16.7. The highest BCUT2D eigenvalue weighted by molar-refractivity contribution is 4.95. The van der Waals surface area contributed by atoms with Gasteiger partial charge < -0.3 is 18.9 Å². The van der Waals surface area contributed by atoms with Crippen molar-refractivity contribution in [2.75, 3.05) is 27.1 Å². The summed E-state index contributed by atoms with van der Waals surface area (Å²) in [5.41, 5.74) is 0. The van der Waals surface area contributed by atoms with Crippen LogP contribution in [0, 0.1) is 0 Å². The van der Waals surface area contributed by atoms with Crippen molar-refractivity contribution in [3.05, 3.63) is 11.7 Å². The predicted octanol–water partition coefficient (Wildman–Crippen LogP) is 10.5. The Bertz CT molecular complexity index is 436. The molecule has 0 N–H and O–H groups in total. The third-order valence-electron chi connectivity index (χ3n) is 6.55. The Hall–Kier alpha value is -0.900. The molecule has 0 aliphatic rings. The van der Waals surface area contributed by atoms with Gasteiger partial charge in [-0.1, -0.05) is 136 Å². The van der Waals surface area contributed by atoms with Crippen LogP contribution in [0.3, 0.4) is 0 Å². The summed E-state index contributed by atoms with van der Waals surface area (Å²) in [6.45, 7) is 8.44. The third kappa shape index (κ3) is 24.6. The van der Waals surface area contributed by atoms with Gasteiger partial charge in [0, 0.05) is 13.5 Å². The second-order valence-electron chi connectivity index (χ2n) is 10.1. The minimum Gasteiger partial charge on any atom is -0.491 e. The molecule has 0 aliphatic carbocycles. The summed E-state index contributed by atoms with van der Waals surface area (Å²) in [5, 5.41) is 0. The topological polar surface area (TPSA) is 36.9 Å². The number of allylic oxidation sites excluding steroid dienone is 1. The van der Waals surface area contributed by atoms with Crippen LogP contribution in [0.5, 0.6) is 0 Å². The highest BCUT2D eigenvalue weighted by Crippen LogP contribution is 2.20. The molecule has 0 aliphatic heterocycles. The maximum Gasteiger partial charge on any atom is 0.321 e. The number of hydrogen-bond acceptors (Lipinski definition) is 4. The Morgan fingerprint density at radius 3 is 1.29 bits per heavy atom. The van der Waals surface area contributed by atoms with Gasteiger partial charge in [-0.15, -0.1) is 0 Å². The molecule has 4 nitrogen and oxygen atoms in total. The van der Waals surface area contributed by atoms with Gasteiger partial charge in [0.05, 0.1) is 13.2 Å². The SMILES string of the molecule is CCCCCCCCCCOC(CCCCCCC)=C(OCCCCCCCCCC)OCOC. The fourth-order valence-corrected chi connectivity index (χ4v) is 4.27. The first-order valence-electron chi connectivity index (χ1n) is 15.4. The van der Waals surface area contributed by atoms with E-state index in [0.29, 0.717) is 12.6 Å². The summed E-state index contributed by atoms with van der Waals surface area (Å²) in [6, 6.07) is 0. The van der Waals surface area contributed by atoms with Gasteiger partial charge in [-0.25, -0.2) is 0 Å². The molecular formula is C31H62O4. The molecule has 0 unspecified atom stereocenters. The van der Waals surface area contributed by atoms with Crippen molar-refractivity contribution in [2.24, 2.45) is 0 Å². The van der Waals surface area contributed by atoms with E-state index in [0.717, 1.165) is 38.0 Å². The van der Waals surface area contributed by atoms with Crippen LogP contribution in [-0.2, 0) is 18.9 Å². The van der Waals surface area contributed by atoms with E-state index in [1.807, 2.05) is 0 Å². The lowest BCUT2D eigenvalue weighted by atomic mass is 10.1. The molecule has 0 amide bonds. The van der Waals surface area contributed by atoms with Crippen molar-refractivity contribution >= 4 is 0 Å². The van der Waals surface area contributed by atoms with Gasteiger partial charge in [0.2, 0.25) is 0 Å². The second kappa shape index (κ2) is 29.3. The summed E-state index contributed by atoms with van der Waals surface area (Å²) in [6.07, 6.45) is 27.9. The van der Waals surface area contributed by atoms with Gasteiger partial charge in [-0.05, 0) is 19.3 Å². The molecule has 0 fully saturated rings. The minimum atomic E-state index is 0.202. The maximum atomic E-state index is 6.26. The summed E-state index contributed by atoms with van der Waals surface area (Å²) >= 11 is 0. The Kier molecular flexibility index (Phi) is 28.6. The molecule has 210 valence electrons. The van der Waals surface area contributed by atoms with Gasteiger partial charge in [0.15, 0.2) is 12.6 Å². The fourth-order valence-electron chi connectivity index (χ4n) is 4.27. The largest absolute Gasteiger partial charge is 0.491 e. The number of unbranched alkanes of at least 4 members (excludes halogenated alkanes) is 18. The monoisotopic (exact) mass is 498 g/mol. The third-order valence-corrected chi connectivity index (χ3v) is 6.55. The van der Waals surface area contributed by atoms with E-state index in [2.05, 4.69) is 20.8 Å². The van der Waals surface area contributed by atoms with E-state index in [1.54, 1.807) is 7.11 Å². The molecule has 0 spiro atoms. The maximum absolute atomic E-state index is 6.26. The molecule has 0 atom stereocenters. The average Bonchev–Trinajstić information content (AvgIpc) is 2.87. The number of methoxy groups -OCH3 is 1. The van der Waals surface area contributed by atoms with Crippen LogP contribution in [0.25, 0.3) is 0 Å². The predicted molar refractivity (Wildman–Crippen MR) is 150 cm³/mol. The number of hydrogen-bond donors (Lipinski definition) is 0. The lowest BCUT2D eigenvalue weighted by Crippen LogP contribution is -2.09. The zero-order valence-electron chi connectivity index (χ0n) is 24.3. The summed E-state index contributed by atoms with van der Waals surface area (Å²) in [5.74, 6) is 1.45. The number of rotatable bonds is 29. The highest BCUT2D eigenvalue weighted by Gasteiger charge is 2.13. The lowest BCUT2D eigenvalue weighted by Gasteiger charge is -2.17. The first kappa shape index (κ1) is 34.1. The van der Waals surface area contributed by atoms with Crippen LogP contribution in [0.15, 0.2) is 11.7 Å². The molecule has 0 radical (unpaired) electrons. The van der Waals surface area contributed by atoms with Gasteiger partial charge in [-0.2, -0.15) is 0 Å². The van der Waals surface area contributed by atoms with Gasteiger partial charge >= 0.3 is 5.95 Å². The molecule has 0 aromatic heterocycles. The van der Waals surface area contributed by atoms with Crippen molar-refractivity contribution in [1.82, 2.24) is 0 Å². The van der Waals surface area contributed by atoms with Crippen LogP contribution in [0.4, 0.5) is 0 Å². The molecule has 35 heavy (non-hydrogen) atoms. The Labute approximate surface area is 219 Å². The summed E-state index contributed by atoms with van der Waals surface area (Å²) in [7, 11) is 1.65. The van der Waals surface area contributed by atoms with Gasteiger partial charge in [-0.3, -0.25) is 0 Å². The molecule has 0 aromatic carbocycles. The van der Waals surface area contributed by atoms with Gasteiger partial charge in [0.1, 0.15) is 0 Å². The van der Waals surface area contributed by atoms with Crippen molar-refractivity contribution in [3.63, 3.8) is 0 Å². The van der Waals surface area contributed by atoms with E-state index in [4.69, 9.17) is 18.9 Å². The molecule has 4 heteroatoms.